The Kier molecular flexibility index (Phi) is 2.95. The predicted octanol–water partition coefficient (Wildman–Crippen LogP) is 2.24. The van der Waals surface area contributed by atoms with E-state index < -0.39 is 0 Å². The van der Waals surface area contributed by atoms with E-state index in [2.05, 4.69) is 15.1 Å². The van der Waals surface area contributed by atoms with Crippen LogP contribution in [0.2, 0.25) is 0 Å². The molecule has 2 heterocycles. The second-order valence-corrected chi connectivity index (χ2v) is 4.61. The Morgan fingerprint density at radius 2 is 1.85 bits per heavy atom. The molecular weight excluding hydrogens is 252 g/mol. The average molecular weight is 266 g/mol. The molecule has 100 valence electrons. The molecule has 3 aromatic rings. The highest BCUT2D eigenvalue weighted by atomic mass is 16.1. The van der Waals surface area contributed by atoms with E-state index in [0.29, 0.717) is 17.2 Å². The standard InChI is InChI=1S/C15H14N4O/c1-10-8-14(18-11(2)17-10)19-15(20)13(9-16-19)12-6-4-3-5-7-12/h3-9,16H,1-2H3. The summed E-state index contributed by atoms with van der Waals surface area (Å²) in [6.45, 7) is 3.69. The number of hydrogen-bond donors (Lipinski definition) is 1. The van der Waals surface area contributed by atoms with Crippen LogP contribution in [0.25, 0.3) is 16.9 Å². The first-order valence-corrected chi connectivity index (χ1v) is 6.33. The third-order valence-corrected chi connectivity index (χ3v) is 3.04. The van der Waals surface area contributed by atoms with E-state index in [1.807, 2.05) is 44.2 Å². The Bertz CT molecular complexity index is 782. The summed E-state index contributed by atoms with van der Waals surface area (Å²) in [6, 6.07) is 11.3. The fraction of sp³-hybridized carbons (Fsp3) is 0.133. The monoisotopic (exact) mass is 266 g/mol. The molecule has 0 fully saturated rings. The van der Waals surface area contributed by atoms with Crippen molar-refractivity contribution in [3.8, 4) is 16.9 Å². The number of aromatic nitrogens is 4. The molecule has 5 nitrogen and oxygen atoms in total. The third-order valence-electron chi connectivity index (χ3n) is 3.04. The van der Waals surface area contributed by atoms with Crippen LogP contribution >= 0.6 is 0 Å². The fourth-order valence-corrected chi connectivity index (χ4v) is 2.18. The second kappa shape index (κ2) is 4.77. The van der Waals surface area contributed by atoms with Crippen LogP contribution in [0.1, 0.15) is 11.5 Å². The van der Waals surface area contributed by atoms with Gasteiger partial charge in [0.15, 0.2) is 5.82 Å². The van der Waals surface area contributed by atoms with Gasteiger partial charge in [0.25, 0.3) is 5.56 Å². The lowest BCUT2D eigenvalue weighted by atomic mass is 10.1. The summed E-state index contributed by atoms with van der Waals surface area (Å²) in [7, 11) is 0. The van der Waals surface area contributed by atoms with Crippen molar-refractivity contribution >= 4 is 0 Å². The molecular formula is C15H14N4O. The molecule has 0 atom stereocenters. The Labute approximate surface area is 115 Å². The minimum Gasteiger partial charge on any atom is -0.296 e. The summed E-state index contributed by atoms with van der Waals surface area (Å²) in [5.41, 5.74) is 2.22. The van der Waals surface area contributed by atoms with Gasteiger partial charge in [-0.2, -0.15) is 0 Å². The third kappa shape index (κ3) is 2.14. The zero-order chi connectivity index (χ0) is 14.1. The van der Waals surface area contributed by atoms with E-state index in [-0.39, 0.29) is 5.56 Å². The fourth-order valence-electron chi connectivity index (χ4n) is 2.18. The van der Waals surface area contributed by atoms with E-state index in [9.17, 15) is 4.79 Å². The molecule has 0 bridgehead atoms. The van der Waals surface area contributed by atoms with Gasteiger partial charge in [0, 0.05) is 18.0 Å². The van der Waals surface area contributed by atoms with E-state index in [1.165, 1.54) is 4.68 Å². The van der Waals surface area contributed by atoms with Crippen LogP contribution in [0, 0.1) is 13.8 Å². The number of benzene rings is 1. The number of aromatic amines is 1. The quantitative estimate of drug-likeness (QED) is 0.773. The SMILES string of the molecule is Cc1cc(-n2[nH]cc(-c3ccccc3)c2=O)nc(C)n1. The highest BCUT2D eigenvalue weighted by Crippen LogP contribution is 2.14. The molecule has 0 unspecified atom stereocenters. The molecule has 2 aromatic heterocycles. The van der Waals surface area contributed by atoms with Gasteiger partial charge in [-0.15, -0.1) is 0 Å². The molecule has 1 aromatic carbocycles. The van der Waals surface area contributed by atoms with Gasteiger partial charge in [0.2, 0.25) is 0 Å². The van der Waals surface area contributed by atoms with Gasteiger partial charge >= 0.3 is 0 Å². The highest BCUT2D eigenvalue weighted by molar-refractivity contribution is 5.61. The van der Waals surface area contributed by atoms with Crippen molar-refractivity contribution < 1.29 is 0 Å². The molecule has 1 N–H and O–H groups in total. The lowest BCUT2D eigenvalue weighted by Gasteiger charge is -2.02. The summed E-state index contributed by atoms with van der Waals surface area (Å²) < 4.78 is 1.43. The van der Waals surface area contributed by atoms with Crippen molar-refractivity contribution in [2.24, 2.45) is 0 Å². The molecule has 20 heavy (non-hydrogen) atoms. The minimum absolute atomic E-state index is 0.117. The van der Waals surface area contributed by atoms with Crippen molar-refractivity contribution in [3.63, 3.8) is 0 Å². The topological polar surface area (TPSA) is 63.6 Å². The zero-order valence-electron chi connectivity index (χ0n) is 11.3. The predicted molar refractivity (Wildman–Crippen MR) is 76.9 cm³/mol. The van der Waals surface area contributed by atoms with Gasteiger partial charge in [0.05, 0.1) is 5.56 Å². The first-order valence-electron chi connectivity index (χ1n) is 6.33. The van der Waals surface area contributed by atoms with Crippen LogP contribution in [0.15, 0.2) is 47.4 Å². The maximum atomic E-state index is 12.5. The summed E-state index contributed by atoms with van der Waals surface area (Å²) in [6.07, 6.45) is 1.70. The molecule has 5 heteroatoms. The largest absolute Gasteiger partial charge is 0.296 e. The highest BCUT2D eigenvalue weighted by Gasteiger charge is 2.11. The molecule has 0 radical (unpaired) electrons. The molecule has 0 amide bonds. The van der Waals surface area contributed by atoms with Crippen LogP contribution in [0.5, 0.6) is 0 Å². The molecule has 0 aliphatic carbocycles. The van der Waals surface area contributed by atoms with Gasteiger partial charge in [-0.3, -0.25) is 9.89 Å². The van der Waals surface area contributed by atoms with Crippen LogP contribution < -0.4 is 5.56 Å². The van der Waals surface area contributed by atoms with Crippen LogP contribution in [-0.2, 0) is 0 Å². The van der Waals surface area contributed by atoms with Crippen molar-refractivity contribution in [2.75, 3.05) is 0 Å². The summed E-state index contributed by atoms with van der Waals surface area (Å²) in [5, 5.41) is 2.96. The summed E-state index contributed by atoms with van der Waals surface area (Å²) in [5.74, 6) is 1.20. The van der Waals surface area contributed by atoms with Gasteiger partial charge in [-0.1, -0.05) is 30.3 Å². The smallest absolute Gasteiger partial charge is 0.280 e. The summed E-state index contributed by atoms with van der Waals surface area (Å²) >= 11 is 0. The molecule has 0 aliphatic heterocycles. The van der Waals surface area contributed by atoms with E-state index in [0.717, 1.165) is 11.3 Å². The number of nitrogens with one attached hydrogen (secondary N) is 1. The Balaban J connectivity index is 2.14. The molecule has 0 saturated carbocycles. The maximum Gasteiger partial charge on any atom is 0.280 e. The molecule has 0 aliphatic rings. The minimum atomic E-state index is -0.117. The van der Waals surface area contributed by atoms with E-state index in [4.69, 9.17) is 0 Å². The van der Waals surface area contributed by atoms with Gasteiger partial charge in [-0.25, -0.2) is 14.6 Å². The lowest BCUT2D eigenvalue weighted by molar-refractivity contribution is 0.799. The Morgan fingerprint density at radius 3 is 2.55 bits per heavy atom. The number of nitrogens with zero attached hydrogens (tertiary/aromatic N) is 3. The van der Waals surface area contributed by atoms with Crippen LogP contribution in [0.4, 0.5) is 0 Å². The van der Waals surface area contributed by atoms with Crippen molar-refractivity contribution in [3.05, 3.63) is 64.5 Å². The Hall–Kier alpha value is -2.69. The zero-order valence-corrected chi connectivity index (χ0v) is 11.3. The van der Waals surface area contributed by atoms with Gasteiger partial charge < -0.3 is 0 Å². The summed E-state index contributed by atoms with van der Waals surface area (Å²) in [4.78, 5) is 21.0. The molecule has 0 saturated heterocycles. The van der Waals surface area contributed by atoms with Crippen molar-refractivity contribution in [2.45, 2.75) is 13.8 Å². The van der Waals surface area contributed by atoms with Gasteiger partial charge in [0.1, 0.15) is 5.82 Å². The van der Waals surface area contributed by atoms with Crippen LogP contribution in [-0.4, -0.2) is 19.7 Å². The second-order valence-electron chi connectivity index (χ2n) is 4.61. The van der Waals surface area contributed by atoms with E-state index >= 15 is 0 Å². The normalized spacial score (nSPS) is 10.7. The van der Waals surface area contributed by atoms with Crippen molar-refractivity contribution in [1.82, 2.24) is 19.7 Å². The van der Waals surface area contributed by atoms with Crippen molar-refractivity contribution in [1.29, 1.82) is 0 Å². The Morgan fingerprint density at radius 1 is 1.10 bits per heavy atom. The number of hydrogen-bond acceptors (Lipinski definition) is 3. The number of rotatable bonds is 2. The number of aryl methyl sites for hydroxylation is 2. The first-order chi connectivity index (χ1) is 9.65. The maximum absolute atomic E-state index is 12.5. The first kappa shape index (κ1) is 12.3. The average Bonchev–Trinajstić information content (AvgIpc) is 2.80. The molecule has 3 rings (SSSR count). The lowest BCUT2D eigenvalue weighted by Crippen LogP contribution is -2.17. The van der Waals surface area contributed by atoms with Gasteiger partial charge in [-0.05, 0) is 19.4 Å². The van der Waals surface area contributed by atoms with E-state index in [1.54, 1.807) is 12.3 Å². The number of H-pyrrole nitrogens is 1. The van der Waals surface area contributed by atoms with Crippen LogP contribution in [0.3, 0.4) is 0 Å². The molecule has 0 spiro atoms.